The summed E-state index contributed by atoms with van der Waals surface area (Å²) in [6.45, 7) is -0.930. The van der Waals surface area contributed by atoms with Gasteiger partial charge in [-0.2, -0.15) is 4.72 Å². The van der Waals surface area contributed by atoms with Crippen molar-refractivity contribution in [2.24, 2.45) is 0 Å². The Bertz CT molecular complexity index is 517. The fourth-order valence-corrected chi connectivity index (χ4v) is 2.56. The zero-order valence-corrected chi connectivity index (χ0v) is 10.7. The van der Waals surface area contributed by atoms with E-state index in [1.165, 1.54) is 24.3 Å². The Labute approximate surface area is 109 Å². The van der Waals surface area contributed by atoms with Crippen LogP contribution in [0.2, 0.25) is 5.02 Å². The number of hydrogen-bond donors (Lipinski definition) is 2. The molecular formula is C10H11ClFNO4S. The highest BCUT2D eigenvalue weighted by molar-refractivity contribution is 7.89. The number of nitrogens with one attached hydrogen (secondary N) is 1. The Kier molecular flexibility index (Phi) is 5.06. The number of alkyl halides is 1. The van der Waals surface area contributed by atoms with Crippen molar-refractivity contribution >= 4 is 27.6 Å². The van der Waals surface area contributed by atoms with Gasteiger partial charge >= 0.3 is 5.97 Å². The number of benzene rings is 1. The number of carbonyl (C=O) groups is 1. The normalized spacial score (nSPS) is 13.2. The molecule has 1 aromatic rings. The molecule has 0 aliphatic rings. The SMILES string of the molecule is O=C(O)[C@@H](CCF)NS(=O)(=O)c1ccc(Cl)cc1. The van der Waals surface area contributed by atoms with Crippen molar-refractivity contribution in [1.29, 1.82) is 0 Å². The molecule has 0 aromatic heterocycles. The Hall–Kier alpha value is -1.18. The smallest absolute Gasteiger partial charge is 0.321 e. The first kappa shape index (κ1) is 14.9. The number of rotatable bonds is 6. The molecule has 2 N–H and O–H groups in total. The second kappa shape index (κ2) is 6.12. The zero-order chi connectivity index (χ0) is 13.8. The van der Waals surface area contributed by atoms with Gasteiger partial charge in [0.1, 0.15) is 6.04 Å². The Morgan fingerprint density at radius 2 is 1.94 bits per heavy atom. The van der Waals surface area contributed by atoms with E-state index < -0.39 is 35.1 Å². The highest BCUT2D eigenvalue weighted by Gasteiger charge is 2.24. The zero-order valence-electron chi connectivity index (χ0n) is 9.14. The van der Waals surface area contributed by atoms with Gasteiger partial charge < -0.3 is 5.11 Å². The molecular weight excluding hydrogens is 285 g/mol. The summed E-state index contributed by atoms with van der Waals surface area (Å²) in [7, 11) is -4.00. The van der Waals surface area contributed by atoms with Crippen LogP contribution in [-0.4, -0.2) is 32.2 Å². The van der Waals surface area contributed by atoms with Crippen LogP contribution < -0.4 is 4.72 Å². The average molecular weight is 296 g/mol. The minimum atomic E-state index is -4.00. The number of hydrogen-bond acceptors (Lipinski definition) is 3. The summed E-state index contributed by atoms with van der Waals surface area (Å²) in [4.78, 5) is 10.6. The van der Waals surface area contributed by atoms with Crippen LogP contribution in [0.4, 0.5) is 4.39 Å². The molecule has 0 saturated carbocycles. The minimum Gasteiger partial charge on any atom is -0.480 e. The molecule has 5 nitrogen and oxygen atoms in total. The molecule has 0 saturated heterocycles. The van der Waals surface area contributed by atoms with Gasteiger partial charge in [-0.25, -0.2) is 8.42 Å². The molecule has 0 heterocycles. The predicted molar refractivity (Wildman–Crippen MR) is 63.8 cm³/mol. The lowest BCUT2D eigenvalue weighted by atomic mass is 10.2. The van der Waals surface area contributed by atoms with Gasteiger partial charge in [0.25, 0.3) is 0 Å². The Balaban J connectivity index is 2.93. The monoisotopic (exact) mass is 295 g/mol. The van der Waals surface area contributed by atoms with Crippen LogP contribution in [0.5, 0.6) is 0 Å². The molecule has 0 fully saturated rings. The van der Waals surface area contributed by atoms with Crippen LogP contribution in [-0.2, 0) is 14.8 Å². The fraction of sp³-hybridized carbons (Fsp3) is 0.300. The molecule has 1 atom stereocenters. The van der Waals surface area contributed by atoms with E-state index in [0.29, 0.717) is 5.02 Å². The summed E-state index contributed by atoms with van der Waals surface area (Å²) < 4.78 is 37.6. The fourth-order valence-electron chi connectivity index (χ4n) is 1.21. The molecule has 0 unspecified atom stereocenters. The number of aliphatic carboxylic acids is 1. The third-order valence-electron chi connectivity index (χ3n) is 2.12. The van der Waals surface area contributed by atoms with Crippen LogP contribution in [0.25, 0.3) is 0 Å². The topological polar surface area (TPSA) is 83.5 Å². The maximum Gasteiger partial charge on any atom is 0.321 e. The van der Waals surface area contributed by atoms with Crippen LogP contribution in [0.3, 0.4) is 0 Å². The number of halogens is 2. The van der Waals surface area contributed by atoms with E-state index in [9.17, 15) is 17.6 Å². The maximum atomic E-state index is 12.1. The van der Waals surface area contributed by atoms with Gasteiger partial charge in [-0.3, -0.25) is 9.18 Å². The maximum absolute atomic E-state index is 12.1. The van der Waals surface area contributed by atoms with Crippen LogP contribution in [0, 0.1) is 0 Å². The van der Waals surface area contributed by atoms with E-state index in [2.05, 4.69) is 0 Å². The van der Waals surface area contributed by atoms with Gasteiger partial charge in [0, 0.05) is 11.4 Å². The average Bonchev–Trinajstić information content (AvgIpc) is 2.28. The highest BCUT2D eigenvalue weighted by Crippen LogP contribution is 2.14. The van der Waals surface area contributed by atoms with E-state index in [0.717, 1.165) is 0 Å². The van der Waals surface area contributed by atoms with E-state index in [-0.39, 0.29) is 4.90 Å². The van der Waals surface area contributed by atoms with Crippen molar-refractivity contribution in [1.82, 2.24) is 4.72 Å². The molecule has 0 aliphatic carbocycles. The lowest BCUT2D eigenvalue weighted by Crippen LogP contribution is -2.41. The van der Waals surface area contributed by atoms with E-state index in [4.69, 9.17) is 16.7 Å². The summed E-state index contributed by atoms with van der Waals surface area (Å²) in [5, 5.41) is 9.10. The Morgan fingerprint density at radius 3 is 2.39 bits per heavy atom. The lowest BCUT2D eigenvalue weighted by Gasteiger charge is -2.13. The largest absolute Gasteiger partial charge is 0.480 e. The number of carboxylic acids is 1. The van der Waals surface area contributed by atoms with Crippen LogP contribution in [0.1, 0.15) is 6.42 Å². The van der Waals surface area contributed by atoms with E-state index in [1.807, 2.05) is 4.72 Å². The van der Waals surface area contributed by atoms with Gasteiger partial charge in [0.15, 0.2) is 0 Å². The molecule has 18 heavy (non-hydrogen) atoms. The summed E-state index contributed by atoms with van der Waals surface area (Å²) in [6, 6.07) is 3.70. The van der Waals surface area contributed by atoms with Crippen molar-refractivity contribution in [3.8, 4) is 0 Å². The first-order valence-corrected chi connectivity index (χ1v) is 6.79. The molecule has 0 radical (unpaired) electrons. The summed E-state index contributed by atoms with van der Waals surface area (Å²) in [5.41, 5.74) is 0. The van der Waals surface area contributed by atoms with Gasteiger partial charge in [-0.1, -0.05) is 11.6 Å². The molecule has 100 valence electrons. The van der Waals surface area contributed by atoms with Gasteiger partial charge in [0.05, 0.1) is 11.6 Å². The van der Waals surface area contributed by atoms with Crippen LogP contribution in [0.15, 0.2) is 29.2 Å². The van der Waals surface area contributed by atoms with Gasteiger partial charge in [-0.05, 0) is 24.3 Å². The molecule has 1 aromatic carbocycles. The van der Waals surface area contributed by atoms with Crippen molar-refractivity contribution in [2.75, 3.05) is 6.67 Å². The van der Waals surface area contributed by atoms with E-state index in [1.54, 1.807) is 0 Å². The first-order chi connectivity index (χ1) is 8.36. The second-order valence-corrected chi connectivity index (χ2v) is 5.59. The van der Waals surface area contributed by atoms with Crippen molar-refractivity contribution in [3.63, 3.8) is 0 Å². The third-order valence-corrected chi connectivity index (χ3v) is 3.86. The molecule has 1 rings (SSSR count). The minimum absolute atomic E-state index is 0.128. The summed E-state index contributed by atoms with van der Waals surface area (Å²) in [5.74, 6) is -1.43. The quantitative estimate of drug-likeness (QED) is 0.831. The van der Waals surface area contributed by atoms with E-state index >= 15 is 0 Å². The molecule has 0 aliphatic heterocycles. The molecule has 0 amide bonds. The highest BCUT2D eigenvalue weighted by atomic mass is 35.5. The molecule has 0 spiro atoms. The lowest BCUT2D eigenvalue weighted by molar-refractivity contribution is -0.139. The summed E-state index contributed by atoms with van der Waals surface area (Å²) in [6.07, 6.45) is -0.428. The number of carboxylic acid groups (broad SMARTS) is 1. The van der Waals surface area contributed by atoms with Crippen molar-refractivity contribution < 1.29 is 22.7 Å². The van der Waals surface area contributed by atoms with Gasteiger partial charge in [-0.15, -0.1) is 0 Å². The second-order valence-electron chi connectivity index (χ2n) is 3.44. The standard InChI is InChI=1S/C10H11ClFNO4S/c11-7-1-3-8(4-2-7)18(16,17)13-9(5-6-12)10(14)15/h1-4,9,13H,5-6H2,(H,14,15)/t9-/m1/s1. The third kappa shape index (κ3) is 3.94. The van der Waals surface area contributed by atoms with Crippen LogP contribution >= 0.6 is 11.6 Å². The number of sulfonamides is 1. The first-order valence-electron chi connectivity index (χ1n) is 4.93. The van der Waals surface area contributed by atoms with Crippen molar-refractivity contribution in [2.45, 2.75) is 17.4 Å². The summed E-state index contributed by atoms with van der Waals surface area (Å²) >= 11 is 5.61. The predicted octanol–water partition coefficient (Wildman–Crippen LogP) is 1.43. The Morgan fingerprint density at radius 1 is 1.39 bits per heavy atom. The van der Waals surface area contributed by atoms with Gasteiger partial charge in [0.2, 0.25) is 10.0 Å². The molecule has 0 bridgehead atoms. The van der Waals surface area contributed by atoms with Crippen molar-refractivity contribution in [3.05, 3.63) is 29.3 Å². The molecule has 8 heteroatoms.